The van der Waals surface area contributed by atoms with Crippen molar-refractivity contribution < 1.29 is 53.8 Å². The fourth-order valence-corrected chi connectivity index (χ4v) is 0.711. The molecule has 10 heavy (non-hydrogen) atoms. The molecular weight excluding hydrogens is 170 g/mol. The molecule has 0 saturated heterocycles. The molecule has 0 fully saturated rings. The maximum atomic E-state index is 9.94. The van der Waals surface area contributed by atoms with Gasteiger partial charge in [-0.15, -0.1) is 0 Å². The number of hydrogen-bond donors (Lipinski definition) is 2. The molecule has 7 heteroatoms. The average molecular weight is 176 g/mol. The van der Waals surface area contributed by atoms with Crippen molar-refractivity contribution in [3.63, 3.8) is 0 Å². The standard InChI is InChI=1S/C3H7O5P.Na/c4-3(5)1-2-9(6,7)8;/h1-2H2,(H,4,5)(H2,6,7,8);/q;+1/p-1. The molecule has 0 amide bonds. The van der Waals surface area contributed by atoms with Crippen molar-refractivity contribution in [3.8, 4) is 0 Å². The molecule has 0 rings (SSSR count). The van der Waals surface area contributed by atoms with Crippen molar-refractivity contribution >= 4 is 13.6 Å². The Balaban J connectivity index is 0. The van der Waals surface area contributed by atoms with Crippen LogP contribution >= 0.6 is 7.60 Å². The number of aliphatic carboxylic acids is 1. The minimum absolute atomic E-state index is 0. The molecule has 0 radical (unpaired) electrons. The second-order valence-electron chi connectivity index (χ2n) is 1.51. The molecule has 0 aromatic heterocycles. The maximum absolute atomic E-state index is 9.94. The summed E-state index contributed by atoms with van der Waals surface area (Å²) in [6.45, 7) is 0. The van der Waals surface area contributed by atoms with Crippen molar-refractivity contribution in [2.24, 2.45) is 0 Å². The summed E-state index contributed by atoms with van der Waals surface area (Å²) in [5.41, 5.74) is 0. The van der Waals surface area contributed by atoms with Gasteiger partial charge in [0.15, 0.2) is 0 Å². The van der Waals surface area contributed by atoms with E-state index in [2.05, 4.69) is 0 Å². The molecule has 0 aliphatic heterocycles. The van der Waals surface area contributed by atoms with E-state index in [1.54, 1.807) is 0 Å². The summed E-state index contributed by atoms with van der Waals surface area (Å²) in [6.07, 6.45) is -1.24. The van der Waals surface area contributed by atoms with Crippen LogP contribution < -0.4 is 34.7 Å². The number of carboxylic acid groups (broad SMARTS) is 1. The van der Waals surface area contributed by atoms with Crippen LogP contribution in [0.25, 0.3) is 0 Å². The third-order valence-corrected chi connectivity index (χ3v) is 1.41. The van der Waals surface area contributed by atoms with Gasteiger partial charge in [0.2, 0.25) is 0 Å². The Bertz CT molecular complexity index is 151. The Labute approximate surface area is 79.9 Å². The minimum atomic E-state index is -4.14. The smallest absolute Gasteiger partial charge is 0.550 e. The zero-order valence-corrected chi connectivity index (χ0v) is 8.38. The molecule has 0 atom stereocenters. The third kappa shape index (κ3) is 11.4. The van der Waals surface area contributed by atoms with Gasteiger partial charge in [0.05, 0.1) is 6.16 Å². The maximum Gasteiger partial charge on any atom is 1.00 e. The monoisotopic (exact) mass is 176 g/mol. The quantitative estimate of drug-likeness (QED) is 0.332. The van der Waals surface area contributed by atoms with Crippen LogP contribution in [0.3, 0.4) is 0 Å². The van der Waals surface area contributed by atoms with E-state index in [9.17, 15) is 14.5 Å². The van der Waals surface area contributed by atoms with Gasteiger partial charge >= 0.3 is 37.2 Å². The summed E-state index contributed by atoms with van der Waals surface area (Å²) in [5.74, 6) is -1.45. The first kappa shape index (κ1) is 13.2. The van der Waals surface area contributed by atoms with E-state index in [0.717, 1.165) is 0 Å². The number of carbonyl (C=O) groups excluding carboxylic acids is 1. The third-order valence-electron chi connectivity index (χ3n) is 0.607. The predicted molar refractivity (Wildman–Crippen MR) is 26.5 cm³/mol. The first-order valence-electron chi connectivity index (χ1n) is 2.16. The van der Waals surface area contributed by atoms with Crippen LogP contribution in [0.4, 0.5) is 0 Å². The number of carboxylic acids is 1. The van der Waals surface area contributed by atoms with Gasteiger partial charge in [0, 0.05) is 5.97 Å². The van der Waals surface area contributed by atoms with E-state index in [1.165, 1.54) is 0 Å². The Morgan fingerprint density at radius 1 is 1.50 bits per heavy atom. The first-order chi connectivity index (χ1) is 3.92. The van der Waals surface area contributed by atoms with Gasteiger partial charge in [-0.05, 0) is 6.42 Å². The zero-order valence-electron chi connectivity index (χ0n) is 5.48. The molecule has 0 aliphatic rings. The van der Waals surface area contributed by atoms with Crippen LogP contribution in [0.15, 0.2) is 0 Å². The summed E-state index contributed by atoms with van der Waals surface area (Å²) < 4.78 is 9.94. The molecule has 0 aromatic rings. The van der Waals surface area contributed by atoms with Gasteiger partial charge in [0.1, 0.15) is 0 Å². The molecule has 0 aliphatic carbocycles. The van der Waals surface area contributed by atoms with E-state index in [4.69, 9.17) is 9.79 Å². The summed E-state index contributed by atoms with van der Waals surface area (Å²) in [7, 11) is -4.14. The van der Waals surface area contributed by atoms with Gasteiger partial charge in [-0.25, -0.2) is 0 Å². The SMILES string of the molecule is O=C([O-])CCP(=O)(O)O.[Na+]. The fourth-order valence-electron chi connectivity index (χ4n) is 0.237. The van der Waals surface area contributed by atoms with E-state index < -0.39 is 26.1 Å². The van der Waals surface area contributed by atoms with E-state index in [-0.39, 0.29) is 29.6 Å². The Morgan fingerprint density at radius 3 is 2.00 bits per heavy atom. The van der Waals surface area contributed by atoms with Crippen molar-refractivity contribution in [3.05, 3.63) is 0 Å². The van der Waals surface area contributed by atoms with Crippen LogP contribution in [0, 0.1) is 0 Å². The Kier molecular flexibility index (Phi) is 7.00. The van der Waals surface area contributed by atoms with Gasteiger partial charge in [0.25, 0.3) is 0 Å². The zero-order chi connectivity index (χ0) is 7.49. The van der Waals surface area contributed by atoms with Gasteiger partial charge in [-0.3, -0.25) is 4.57 Å². The number of rotatable bonds is 3. The Hall–Kier alpha value is 0.620. The summed E-state index contributed by atoms with van der Waals surface area (Å²) in [4.78, 5) is 25.8. The van der Waals surface area contributed by atoms with Crippen molar-refractivity contribution in [1.29, 1.82) is 0 Å². The average Bonchev–Trinajstić information content (AvgIpc) is 1.59. The summed E-state index contributed by atoms with van der Waals surface area (Å²) in [6, 6.07) is 0. The Morgan fingerprint density at radius 2 is 1.90 bits per heavy atom. The van der Waals surface area contributed by atoms with Crippen molar-refractivity contribution in [2.45, 2.75) is 6.42 Å². The molecule has 0 spiro atoms. The van der Waals surface area contributed by atoms with Crippen molar-refractivity contribution in [1.82, 2.24) is 0 Å². The molecule has 0 bridgehead atoms. The van der Waals surface area contributed by atoms with Gasteiger partial charge in [-0.1, -0.05) is 0 Å². The molecular formula is C3H6NaO5P. The van der Waals surface area contributed by atoms with Crippen LogP contribution in [0.5, 0.6) is 0 Å². The molecule has 0 saturated carbocycles. The van der Waals surface area contributed by atoms with Crippen LogP contribution in [0.2, 0.25) is 0 Å². The summed E-state index contributed by atoms with van der Waals surface area (Å²) >= 11 is 0. The van der Waals surface area contributed by atoms with Crippen LogP contribution in [0.1, 0.15) is 6.42 Å². The molecule has 5 nitrogen and oxygen atoms in total. The van der Waals surface area contributed by atoms with Crippen LogP contribution in [-0.4, -0.2) is 21.9 Å². The molecule has 2 N–H and O–H groups in total. The van der Waals surface area contributed by atoms with E-state index in [0.29, 0.717) is 0 Å². The van der Waals surface area contributed by atoms with Gasteiger partial charge in [-0.2, -0.15) is 0 Å². The molecule has 0 heterocycles. The van der Waals surface area contributed by atoms with E-state index in [1.807, 2.05) is 0 Å². The van der Waals surface area contributed by atoms with E-state index >= 15 is 0 Å². The predicted octanol–water partition coefficient (Wildman–Crippen LogP) is -4.69. The molecule has 54 valence electrons. The molecule has 0 unspecified atom stereocenters. The second kappa shape index (κ2) is 5.29. The first-order valence-corrected chi connectivity index (χ1v) is 3.96. The number of carbonyl (C=O) groups is 1. The largest absolute Gasteiger partial charge is 1.00 e. The number of hydrogen-bond acceptors (Lipinski definition) is 3. The van der Waals surface area contributed by atoms with Crippen molar-refractivity contribution in [2.75, 3.05) is 6.16 Å². The topological polar surface area (TPSA) is 97.7 Å². The minimum Gasteiger partial charge on any atom is -0.550 e. The second-order valence-corrected chi connectivity index (χ2v) is 3.29. The summed E-state index contributed by atoms with van der Waals surface area (Å²) in [5, 5.41) is 9.59. The van der Waals surface area contributed by atoms with Crippen LogP contribution in [-0.2, 0) is 9.36 Å². The normalized spacial score (nSPS) is 10.2. The molecule has 0 aromatic carbocycles. The van der Waals surface area contributed by atoms with Gasteiger partial charge < -0.3 is 19.7 Å². The fraction of sp³-hybridized carbons (Fsp3) is 0.667.